The van der Waals surface area contributed by atoms with Crippen LogP contribution in [0.3, 0.4) is 0 Å². The van der Waals surface area contributed by atoms with Gasteiger partial charge in [-0.15, -0.1) is 0 Å². The number of nitrogens with zero attached hydrogens (tertiary/aromatic N) is 1. The van der Waals surface area contributed by atoms with E-state index in [0.717, 1.165) is 5.69 Å². The summed E-state index contributed by atoms with van der Waals surface area (Å²) in [6, 6.07) is 11.4. The molecule has 2 rings (SSSR count). The van der Waals surface area contributed by atoms with E-state index in [-0.39, 0.29) is 24.8 Å². The van der Waals surface area contributed by atoms with E-state index in [1.54, 1.807) is 30.3 Å². The number of aryl methyl sites for hydroxylation is 1. The molecule has 0 atom stereocenters. The van der Waals surface area contributed by atoms with Crippen LogP contribution in [0.1, 0.15) is 16.2 Å². The van der Waals surface area contributed by atoms with Crippen molar-refractivity contribution in [3.63, 3.8) is 0 Å². The second-order valence-electron chi connectivity index (χ2n) is 4.20. The molecule has 1 aromatic carbocycles. The number of amides is 1. The summed E-state index contributed by atoms with van der Waals surface area (Å²) < 4.78 is 18.5. The number of carbonyl (C=O) groups is 1. The van der Waals surface area contributed by atoms with E-state index in [1.165, 1.54) is 6.07 Å². The molecule has 0 aliphatic heterocycles. The molecule has 4 nitrogen and oxygen atoms in total. The number of rotatable bonds is 5. The van der Waals surface area contributed by atoms with E-state index >= 15 is 0 Å². The van der Waals surface area contributed by atoms with Gasteiger partial charge in [0.05, 0.1) is 6.54 Å². The number of nitrogens with one attached hydrogen (secondary N) is 1. The lowest BCUT2D eigenvalue weighted by Crippen LogP contribution is -2.28. The molecule has 1 amide bonds. The summed E-state index contributed by atoms with van der Waals surface area (Å²) in [4.78, 5) is 15.9. The molecule has 5 heteroatoms. The quantitative estimate of drug-likeness (QED) is 0.851. The molecule has 2 aromatic rings. The third-order valence-corrected chi connectivity index (χ3v) is 2.60. The molecule has 0 unspecified atom stereocenters. The van der Waals surface area contributed by atoms with Crippen molar-refractivity contribution in [2.24, 2.45) is 0 Å². The van der Waals surface area contributed by atoms with Crippen LogP contribution >= 0.6 is 0 Å². The fourth-order valence-electron chi connectivity index (χ4n) is 1.65. The lowest BCUT2D eigenvalue weighted by atomic mass is 10.3. The molecule has 0 saturated heterocycles. The smallest absolute Gasteiger partial charge is 0.270 e. The number of halogens is 1. The Bertz CT molecular complexity index is 602. The molecule has 0 bridgehead atoms. The summed E-state index contributed by atoms with van der Waals surface area (Å²) in [5.74, 6) is -0.513. The number of aromatic nitrogens is 1. The summed E-state index contributed by atoms with van der Waals surface area (Å²) >= 11 is 0. The number of pyridine rings is 1. The summed E-state index contributed by atoms with van der Waals surface area (Å²) in [5, 5.41) is 2.67. The van der Waals surface area contributed by atoms with E-state index in [2.05, 4.69) is 10.3 Å². The number of ether oxygens (including phenoxy) is 1. The highest BCUT2D eigenvalue weighted by Crippen LogP contribution is 2.14. The Kier molecular flexibility index (Phi) is 4.65. The standard InChI is InChI=1S/C15H15FN2O2/c1-11-5-4-7-13(18-11)15(19)17-9-10-20-14-8-3-2-6-12(14)16/h2-8H,9-10H2,1H3,(H,17,19). The average molecular weight is 274 g/mol. The molecule has 0 aliphatic carbocycles. The fraction of sp³-hybridized carbons (Fsp3) is 0.200. The molecule has 0 radical (unpaired) electrons. The molecule has 20 heavy (non-hydrogen) atoms. The van der Waals surface area contributed by atoms with Gasteiger partial charge in [0.2, 0.25) is 0 Å². The molecule has 1 aromatic heterocycles. The van der Waals surface area contributed by atoms with Crippen LogP contribution < -0.4 is 10.1 Å². The molecule has 0 fully saturated rings. The van der Waals surface area contributed by atoms with Crippen LogP contribution in [-0.2, 0) is 0 Å². The molecule has 0 saturated carbocycles. The summed E-state index contributed by atoms with van der Waals surface area (Å²) in [6.45, 7) is 2.29. The number of para-hydroxylation sites is 1. The van der Waals surface area contributed by atoms with Crippen molar-refractivity contribution < 1.29 is 13.9 Å². The van der Waals surface area contributed by atoms with Gasteiger partial charge < -0.3 is 10.1 Å². The minimum Gasteiger partial charge on any atom is -0.489 e. The monoisotopic (exact) mass is 274 g/mol. The molecular formula is C15H15FN2O2. The average Bonchev–Trinajstić information content (AvgIpc) is 2.45. The fourth-order valence-corrected chi connectivity index (χ4v) is 1.65. The van der Waals surface area contributed by atoms with Gasteiger partial charge in [-0.25, -0.2) is 9.37 Å². The van der Waals surface area contributed by atoms with Gasteiger partial charge in [0, 0.05) is 5.69 Å². The van der Waals surface area contributed by atoms with Gasteiger partial charge in [-0.2, -0.15) is 0 Å². The Balaban J connectivity index is 1.79. The Morgan fingerprint density at radius 3 is 2.80 bits per heavy atom. The molecule has 1 heterocycles. The van der Waals surface area contributed by atoms with E-state index in [0.29, 0.717) is 5.69 Å². The Labute approximate surface area is 116 Å². The van der Waals surface area contributed by atoms with Gasteiger partial charge >= 0.3 is 0 Å². The zero-order valence-corrected chi connectivity index (χ0v) is 11.1. The number of carbonyl (C=O) groups excluding carboxylic acids is 1. The van der Waals surface area contributed by atoms with Crippen molar-refractivity contribution >= 4 is 5.91 Å². The maximum absolute atomic E-state index is 13.3. The third-order valence-electron chi connectivity index (χ3n) is 2.60. The highest BCUT2D eigenvalue weighted by Gasteiger charge is 2.06. The van der Waals surface area contributed by atoms with Crippen molar-refractivity contribution in [3.05, 3.63) is 59.7 Å². The molecule has 0 aliphatic rings. The van der Waals surface area contributed by atoms with Crippen LogP contribution in [0.15, 0.2) is 42.5 Å². The first kappa shape index (κ1) is 14.0. The Hall–Kier alpha value is -2.43. The maximum atomic E-state index is 13.3. The van der Waals surface area contributed by atoms with Crippen LogP contribution in [0.25, 0.3) is 0 Å². The SMILES string of the molecule is Cc1cccc(C(=O)NCCOc2ccccc2F)n1. The van der Waals surface area contributed by atoms with Crippen molar-refractivity contribution in [1.82, 2.24) is 10.3 Å². The minimum absolute atomic E-state index is 0.176. The van der Waals surface area contributed by atoms with Gasteiger partial charge in [-0.1, -0.05) is 18.2 Å². The highest BCUT2D eigenvalue weighted by atomic mass is 19.1. The summed E-state index contributed by atoms with van der Waals surface area (Å²) in [6.07, 6.45) is 0. The van der Waals surface area contributed by atoms with Crippen LogP contribution in [0, 0.1) is 12.7 Å². The summed E-state index contributed by atoms with van der Waals surface area (Å²) in [7, 11) is 0. The first-order valence-corrected chi connectivity index (χ1v) is 6.26. The van der Waals surface area contributed by atoms with Crippen LogP contribution in [-0.4, -0.2) is 24.0 Å². The summed E-state index contributed by atoms with van der Waals surface area (Å²) in [5.41, 5.74) is 1.14. The Morgan fingerprint density at radius 1 is 1.25 bits per heavy atom. The predicted molar refractivity (Wildman–Crippen MR) is 73.2 cm³/mol. The van der Waals surface area contributed by atoms with E-state index in [1.807, 2.05) is 13.0 Å². The van der Waals surface area contributed by atoms with Crippen molar-refractivity contribution in [2.75, 3.05) is 13.2 Å². The van der Waals surface area contributed by atoms with Gasteiger partial charge in [-0.3, -0.25) is 4.79 Å². The maximum Gasteiger partial charge on any atom is 0.270 e. The predicted octanol–water partition coefficient (Wildman–Crippen LogP) is 2.34. The lowest BCUT2D eigenvalue weighted by molar-refractivity contribution is 0.0941. The zero-order chi connectivity index (χ0) is 14.4. The normalized spacial score (nSPS) is 10.1. The lowest BCUT2D eigenvalue weighted by Gasteiger charge is -2.08. The van der Waals surface area contributed by atoms with E-state index < -0.39 is 5.82 Å². The molecule has 0 spiro atoms. The minimum atomic E-state index is -0.417. The number of benzene rings is 1. The largest absolute Gasteiger partial charge is 0.489 e. The van der Waals surface area contributed by atoms with Gasteiger partial charge in [-0.05, 0) is 31.2 Å². The second kappa shape index (κ2) is 6.65. The van der Waals surface area contributed by atoms with Crippen molar-refractivity contribution in [3.8, 4) is 5.75 Å². The number of hydrogen-bond acceptors (Lipinski definition) is 3. The first-order chi connectivity index (χ1) is 9.66. The van der Waals surface area contributed by atoms with E-state index in [9.17, 15) is 9.18 Å². The number of hydrogen-bond donors (Lipinski definition) is 1. The molecule has 104 valence electrons. The topological polar surface area (TPSA) is 51.2 Å². The van der Waals surface area contributed by atoms with Crippen LogP contribution in [0.5, 0.6) is 5.75 Å². The van der Waals surface area contributed by atoms with E-state index in [4.69, 9.17) is 4.74 Å². The molecule has 1 N–H and O–H groups in total. The highest BCUT2D eigenvalue weighted by molar-refractivity contribution is 5.92. The Morgan fingerprint density at radius 2 is 2.05 bits per heavy atom. The molecular weight excluding hydrogens is 259 g/mol. The van der Waals surface area contributed by atoms with Gasteiger partial charge in [0.15, 0.2) is 11.6 Å². The van der Waals surface area contributed by atoms with Crippen molar-refractivity contribution in [2.45, 2.75) is 6.92 Å². The van der Waals surface area contributed by atoms with Crippen molar-refractivity contribution in [1.29, 1.82) is 0 Å². The second-order valence-corrected chi connectivity index (χ2v) is 4.20. The first-order valence-electron chi connectivity index (χ1n) is 6.26. The van der Waals surface area contributed by atoms with Crippen LogP contribution in [0.4, 0.5) is 4.39 Å². The van der Waals surface area contributed by atoms with Crippen LogP contribution in [0.2, 0.25) is 0 Å². The third kappa shape index (κ3) is 3.78. The zero-order valence-electron chi connectivity index (χ0n) is 11.1. The van der Waals surface area contributed by atoms with Gasteiger partial charge in [0.1, 0.15) is 12.3 Å². The van der Waals surface area contributed by atoms with Gasteiger partial charge in [0.25, 0.3) is 5.91 Å².